The molecule has 17 heavy (non-hydrogen) atoms. The van der Waals surface area contributed by atoms with Crippen LogP contribution in [0.2, 0.25) is 0 Å². The molecule has 0 aliphatic heterocycles. The first-order valence-corrected chi connectivity index (χ1v) is 6.37. The van der Waals surface area contributed by atoms with Gasteiger partial charge in [0.1, 0.15) is 10.7 Å². The maximum absolute atomic E-state index is 11.5. The fourth-order valence-corrected chi connectivity index (χ4v) is 2.35. The Labute approximate surface area is 98.9 Å². The Morgan fingerprint density at radius 3 is 2.59 bits per heavy atom. The Balaban J connectivity index is 2.76. The summed E-state index contributed by atoms with van der Waals surface area (Å²) < 4.78 is 24.6. The molecule has 0 saturated carbocycles. The molecule has 0 bridgehead atoms. The number of aryl methyl sites for hydroxylation is 1. The summed E-state index contributed by atoms with van der Waals surface area (Å²) in [4.78, 5) is 4.02. The van der Waals surface area contributed by atoms with Crippen molar-refractivity contribution >= 4 is 15.7 Å². The maximum Gasteiger partial charge on any atom is 0.240 e. The largest absolute Gasteiger partial charge is 0.399 e. The van der Waals surface area contributed by atoms with E-state index in [1.165, 1.54) is 6.07 Å². The first kappa shape index (κ1) is 11.6. The van der Waals surface area contributed by atoms with Gasteiger partial charge in [0.25, 0.3) is 0 Å². The molecule has 0 aliphatic carbocycles. The normalized spacial score (nSPS) is 11.6. The number of hydrogen-bond donors (Lipinski definition) is 2. The average molecular weight is 252 g/mol. The minimum Gasteiger partial charge on any atom is -0.399 e. The number of aromatic nitrogens is 2. The van der Waals surface area contributed by atoms with Gasteiger partial charge < -0.3 is 10.3 Å². The number of hydrogen-bond acceptors (Lipinski definition) is 4. The standard InChI is InChI=1S/C10H12N4O2S/c1-7-13-4-5-14(7)9-3-2-8(11)6-10(9)17(12,15)16/h2-6H,11H2,1H3,(H2,12,15,16). The molecule has 90 valence electrons. The summed E-state index contributed by atoms with van der Waals surface area (Å²) in [5.41, 5.74) is 6.36. The summed E-state index contributed by atoms with van der Waals surface area (Å²) in [6.07, 6.45) is 3.24. The highest BCUT2D eigenvalue weighted by Gasteiger charge is 2.16. The van der Waals surface area contributed by atoms with E-state index >= 15 is 0 Å². The van der Waals surface area contributed by atoms with Gasteiger partial charge in [-0.2, -0.15) is 0 Å². The quantitative estimate of drug-likeness (QED) is 0.755. The van der Waals surface area contributed by atoms with Crippen molar-refractivity contribution in [1.29, 1.82) is 0 Å². The van der Waals surface area contributed by atoms with Gasteiger partial charge in [-0.1, -0.05) is 0 Å². The molecule has 4 N–H and O–H groups in total. The zero-order valence-corrected chi connectivity index (χ0v) is 9.98. The third-order valence-electron chi connectivity index (χ3n) is 2.38. The number of sulfonamides is 1. The predicted molar refractivity (Wildman–Crippen MR) is 64.1 cm³/mol. The summed E-state index contributed by atoms with van der Waals surface area (Å²) in [5, 5.41) is 5.17. The highest BCUT2D eigenvalue weighted by Crippen LogP contribution is 2.22. The van der Waals surface area contributed by atoms with Crippen LogP contribution in [-0.4, -0.2) is 18.0 Å². The third kappa shape index (κ3) is 2.15. The summed E-state index contributed by atoms with van der Waals surface area (Å²) >= 11 is 0. The van der Waals surface area contributed by atoms with Crippen LogP contribution < -0.4 is 10.9 Å². The van der Waals surface area contributed by atoms with E-state index < -0.39 is 10.0 Å². The number of rotatable bonds is 2. The maximum atomic E-state index is 11.5. The second kappa shape index (κ2) is 3.86. The van der Waals surface area contributed by atoms with Crippen LogP contribution in [0.4, 0.5) is 5.69 Å². The van der Waals surface area contributed by atoms with Gasteiger partial charge in [-0.15, -0.1) is 0 Å². The Morgan fingerprint density at radius 1 is 1.35 bits per heavy atom. The van der Waals surface area contributed by atoms with Gasteiger partial charge in [-0.25, -0.2) is 18.5 Å². The molecule has 2 rings (SSSR count). The van der Waals surface area contributed by atoms with Gasteiger partial charge in [0.05, 0.1) is 5.69 Å². The van der Waals surface area contributed by atoms with Gasteiger partial charge in [0, 0.05) is 18.1 Å². The fourth-order valence-electron chi connectivity index (χ4n) is 1.59. The third-order valence-corrected chi connectivity index (χ3v) is 3.32. The molecule has 1 heterocycles. The van der Waals surface area contributed by atoms with Gasteiger partial charge >= 0.3 is 0 Å². The van der Waals surface area contributed by atoms with E-state index in [-0.39, 0.29) is 4.90 Å². The molecule has 0 spiro atoms. The molecule has 0 unspecified atom stereocenters. The SMILES string of the molecule is Cc1nccn1-c1ccc(N)cc1S(N)(=O)=O. The molecule has 1 aromatic heterocycles. The van der Waals surface area contributed by atoms with Crippen LogP contribution in [0.15, 0.2) is 35.5 Å². The van der Waals surface area contributed by atoms with Crippen LogP contribution in [0.5, 0.6) is 0 Å². The molecule has 1 aromatic carbocycles. The molecule has 6 nitrogen and oxygen atoms in total. The van der Waals surface area contributed by atoms with Crippen LogP contribution in [0.25, 0.3) is 5.69 Å². The molecule has 2 aromatic rings. The number of anilines is 1. The van der Waals surface area contributed by atoms with E-state index in [0.29, 0.717) is 17.2 Å². The van der Waals surface area contributed by atoms with Crippen molar-refractivity contribution in [2.24, 2.45) is 5.14 Å². The van der Waals surface area contributed by atoms with E-state index in [4.69, 9.17) is 10.9 Å². The summed E-state index contributed by atoms with van der Waals surface area (Å²) in [7, 11) is -3.83. The Bertz CT molecular complexity index is 661. The number of nitrogens with zero attached hydrogens (tertiary/aromatic N) is 2. The first-order chi connectivity index (χ1) is 7.89. The molecule has 0 saturated heterocycles. The van der Waals surface area contributed by atoms with Crippen molar-refractivity contribution in [3.63, 3.8) is 0 Å². The van der Waals surface area contributed by atoms with E-state index in [1.807, 2.05) is 0 Å². The number of benzene rings is 1. The second-order valence-corrected chi connectivity index (χ2v) is 5.15. The van der Waals surface area contributed by atoms with Gasteiger partial charge in [0.15, 0.2) is 0 Å². The summed E-state index contributed by atoms with van der Waals surface area (Å²) in [6, 6.07) is 4.55. The molecule has 0 atom stereocenters. The predicted octanol–water partition coefficient (Wildman–Crippen LogP) is 0.410. The van der Waals surface area contributed by atoms with Crippen molar-refractivity contribution in [3.05, 3.63) is 36.4 Å². The zero-order valence-electron chi connectivity index (χ0n) is 9.16. The number of nitrogen functional groups attached to an aromatic ring is 1. The molecule has 7 heteroatoms. The number of primary sulfonamides is 1. The first-order valence-electron chi connectivity index (χ1n) is 4.82. The number of nitrogens with two attached hydrogens (primary N) is 2. The Morgan fingerprint density at radius 2 is 2.06 bits per heavy atom. The lowest BCUT2D eigenvalue weighted by Crippen LogP contribution is -2.16. The van der Waals surface area contributed by atoms with E-state index in [0.717, 1.165) is 0 Å². The van der Waals surface area contributed by atoms with Gasteiger partial charge in [0.2, 0.25) is 10.0 Å². The van der Waals surface area contributed by atoms with E-state index in [2.05, 4.69) is 4.98 Å². The van der Waals surface area contributed by atoms with Crippen LogP contribution in [0.3, 0.4) is 0 Å². The summed E-state index contributed by atoms with van der Waals surface area (Å²) in [5.74, 6) is 0.666. The van der Waals surface area contributed by atoms with Crippen molar-refractivity contribution in [2.45, 2.75) is 11.8 Å². The van der Waals surface area contributed by atoms with E-state index in [9.17, 15) is 8.42 Å². The summed E-state index contributed by atoms with van der Waals surface area (Å²) in [6.45, 7) is 1.77. The van der Waals surface area contributed by atoms with Crippen LogP contribution in [0, 0.1) is 6.92 Å². The van der Waals surface area contributed by atoms with Crippen molar-refractivity contribution in [1.82, 2.24) is 9.55 Å². The minimum atomic E-state index is -3.83. The molecule has 0 radical (unpaired) electrons. The molecule has 0 fully saturated rings. The van der Waals surface area contributed by atoms with Crippen molar-refractivity contribution in [3.8, 4) is 5.69 Å². The lowest BCUT2D eigenvalue weighted by atomic mass is 10.3. The average Bonchev–Trinajstić information content (AvgIpc) is 2.63. The molecular formula is C10H12N4O2S. The van der Waals surface area contributed by atoms with Gasteiger partial charge in [-0.05, 0) is 25.1 Å². The van der Waals surface area contributed by atoms with Crippen molar-refractivity contribution < 1.29 is 8.42 Å². The van der Waals surface area contributed by atoms with Crippen LogP contribution in [-0.2, 0) is 10.0 Å². The lowest BCUT2D eigenvalue weighted by molar-refractivity contribution is 0.597. The number of imidazole rings is 1. The minimum absolute atomic E-state index is 0.0152. The highest BCUT2D eigenvalue weighted by atomic mass is 32.2. The van der Waals surface area contributed by atoms with E-state index in [1.54, 1.807) is 36.0 Å². The fraction of sp³-hybridized carbons (Fsp3) is 0.100. The molecular weight excluding hydrogens is 240 g/mol. The smallest absolute Gasteiger partial charge is 0.240 e. The van der Waals surface area contributed by atoms with Crippen molar-refractivity contribution in [2.75, 3.05) is 5.73 Å². The Kier molecular flexibility index (Phi) is 2.64. The topological polar surface area (TPSA) is 104 Å². The molecule has 0 aliphatic rings. The molecule has 0 amide bonds. The van der Waals surface area contributed by atoms with Crippen LogP contribution >= 0.6 is 0 Å². The van der Waals surface area contributed by atoms with Crippen LogP contribution in [0.1, 0.15) is 5.82 Å². The highest BCUT2D eigenvalue weighted by molar-refractivity contribution is 7.89. The van der Waals surface area contributed by atoms with Gasteiger partial charge in [-0.3, -0.25) is 0 Å². The lowest BCUT2D eigenvalue weighted by Gasteiger charge is -2.10. The second-order valence-electron chi connectivity index (χ2n) is 3.62. The monoisotopic (exact) mass is 252 g/mol. The Hall–Kier alpha value is -1.86. The zero-order chi connectivity index (χ0) is 12.6.